The molecule has 80 valence electrons. The SMILES string of the molecule is NN1C=[NH+]C=[N+](Nc2ccccc2)C1.[Cl-]. The van der Waals surface area contributed by atoms with Gasteiger partial charge in [-0.05, 0) is 12.1 Å². The molecular formula is C9H13ClN5+. The van der Waals surface area contributed by atoms with Crippen LogP contribution in [0.15, 0.2) is 30.3 Å². The van der Waals surface area contributed by atoms with Gasteiger partial charge in [-0.25, -0.2) is 5.43 Å². The van der Waals surface area contributed by atoms with E-state index < -0.39 is 0 Å². The smallest absolute Gasteiger partial charge is 0.324 e. The van der Waals surface area contributed by atoms with Gasteiger partial charge in [0.2, 0.25) is 0 Å². The van der Waals surface area contributed by atoms with Gasteiger partial charge in [0.15, 0.2) is 0 Å². The minimum absolute atomic E-state index is 0. The van der Waals surface area contributed by atoms with Gasteiger partial charge in [-0.3, -0.25) is 0 Å². The van der Waals surface area contributed by atoms with Gasteiger partial charge in [-0.2, -0.15) is 4.99 Å². The van der Waals surface area contributed by atoms with Gasteiger partial charge >= 0.3 is 19.3 Å². The Morgan fingerprint density at radius 3 is 2.73 bits per heavy atom. The zero-order valence-corrected chi connectivity index (χ0v) is 8.85. The lowest BCUT2D eigenvalue weighted by atomic mass is 10.3. The molecule has 1 heterocycles. The van der Waals surface area contributed by atoms with Crippen molar-refractivity contribution < 1.29 is 22.1 Å². The predicted octanol–water partition coefficient (Wildman–Crippen LogP) is -4.69. The zero-order chi connectivity index (χ0) is 9.80. The molecule has 0 aliphatic carbocycles. The third-order valence-electron chi connectivity index (χ3n) is 1.83. The van der Waals surface area contributed by atoms with Crippen LogP contribution in [0, 0.1) is 0 Å². The summed E-state index contributed by atoms with van der Waals surface area (Å²) in [6, 6.07) is 9.92. The van der Waals surface area contributed by atoms with E-state index >= 15 is 0 Å². The average Bonchev–Trinajstić information content (AvgIpc) is 2.19. The van der Waals surface area contributed by atoms with Crippen molar-refractivity contribution in [1.29, 1.82) is 0 Å². The van der Waals surface area contributed by atoms with Gasteiger partial charge in [0, 0.05) is 0 Å². The molecule has 1 aliphatic heterocycles. The summed E-state index contributed by atoms with van der Waals surface area (Å²) in [5.41, 5.74) is 4.21. The van der Waals surface area contributed by atoms with E-state index in [2.05, 4.69) is 10.4 Å². The predicted molar refractivity (Wildman–Crippen MR) is 54.3 cm³/mol. The van der Waals surface area contributed by atoms with E-state index in [1.807, 2.05) is 41.4 Å². The highest BCUT2D eigenvalue weighted by atomic mass is 35.5. The summed E-state index contributed by atoms with van der Waals surface area (Å²) in [6.45, 7) is 0.599. The van der Waals surface area contributed by atoms with E-state index in [0.29, 0.717) is 6.67 Å². The van der Waals surface area contributed by atoms with Gasteiger partial charge in [-0.15, -0.1) is 10.9 Å². The number of anilines is 1. The lowest BCUT2D eigenvalue weighted by Crippen LogP contribution is -3.00. The number of nitrogens with one attached hydrogen (secondary N) is 2. The maximum absolute atomic E-state index is 5.59. The fourth-order valence-corrected chi connectivity index (χ4v) is 1.22. The normalized spacial score (nSPS) is 14.2. The van der Waals surface area contributed by atoms with Crippen molar-refractivity contribution in [3.8, 4) is 0 Å². The van der Waals surface area contributed by atoms with Crippen molar-refractivity contribution in [1.82, 2.24) is 5.01 Å². The molecule has 1 aromatic rings. The molecule has 0 saturated heterocycles. The molecule has 0 bridgehead atoms. The maximum atomic E-state index is 5.59. The van der Waals surface area contributed by atoms with Gasteiger partial charge in [-0.1, -0.05) is 22.9 Å². The van der Waals surface area contributed by atoms with Gasteiger partial charge < -0.3 is 12.4 Å². The molecule has 5 nitrogen and oxygen atoms in total. The second-order valence-corrected chi connectivity index (χ2v) is 3.03. The van der Waals surface area contributed by atoms with E-state index in [9.17, 15) is 0 Å². The van der Waals surface area contributed by atoms with Crippen molar-refractivity contribution in [2.45, 2.75) is 0 Å². The summed E-state index contributed by atoms with van der Waals surface area (Å²) in [4.78, 5) is 2.92. The quantitative estimate of drug-likeness (QED) is 0.351. The van der Waals surface area contributed by atoms with Crippen LogP contribution in [0.5, 0.6) is 0 Å². The fraction of sp³-hybridized carbons (Fsp3) is 0.111. The summed E-state index contributed by atoms with van der Waals surface area (Å²) >= 11 is 0. The molecule has 0 amide bonds. The Hall–Kier alpha value is -1.59. The van der Waals surface area contributed by atoms with Crippen LogP contribution in [0.2, 0.25) is 0 Å². The lowest BCUT2D eigenvalue weighted by Gasteiger charge is -2.08. The van der Waals surface area contributed by atoms with Crippen LogP contribution < -0.4 is 28.7 Å². The molecule has 0 atom stereocenters. The molecule has 0 radical (unpaired) electrons. The third-order valence-corrected chi connectivity index (χ3v) is 1.83. The number of para-hydroxylation sites is 1. The Labute approximate surface area is 94.3 Å². The first kappa shape index (κ1) is 11.5. The number of nitrogens with two attached hydrogens (primary N) is 1. The number of halogens is 1. The van der Waals surface area contributed by atoms with Gasteiger partial charge in [0.1, 0.15) is 0 Å². The molecular weight excluding hydrogens is 214 g/mol. The van der Waals surface area contributed by atoms with E-state index in [0.717, 1.165) is 5.69 Å². The third kappa shape index (κ3) is 3.23. The molecule has 0 aromatic heterocycles. The molecule has 0 unspecified atom stereocenters. The first-order valence-electron chi connectivity index (χ1n) is 4.37. The molecule has 1 aliphatic rings. The summed E-state index contributed by atoms with van der Waals surface area (Å²) in [7, 11) is 0. The fourth-order valence-electron chi connectivity index (χ4n) is 1.22. The van der Waals surface area contributed by atoms with Crippen molar-refractivity contribution in [3.63, 3.8) is 0 Å². The van der Waals surface area contributed by atoms with Gasteiger partial charge in [0.25, 0.3) is 0 Å². The van der Waals surface area contributed by atoms with Crippen LogP contribution in [-0.2, 0) is 0 Å². The Morgan fingerprint density at radius 2 is 2.07 bits per heavy atom. The van der Waals surface area contributed by atoms with Crippen LogP contribution in [0.3, 0.4) is 0 Å². The Balaban J connectivity index is 0.00000112. The summed E-state index contributed by atoms with van der Waals surface area (Å²) in [6.07, 6.45) is 3.51. The molecule has 4 N–H and O–H groups in total. The van der Waals surface area contributed by atoms with E-state index in [4.69, 9.17) is 5.84 Å². The van der Waals surface area contributed by atoms with E-state index in [-0.39, 0.29) is 12.4 Å². The number of hydrogen-bond donors (Lipinski definition) is 3. The van der Waals surface area contributed by atoms with E-state index in [1.54, 1.807) is 11.3 Å². The Bertz CT molecular complexity index is 362. The monoisotopic (exact) mass is 226 g/mol. The largest absolute Gasteiger partial charge is 1.00 e. The molecule has 0 spiro atoms. The van der Waals surface area contributed by atoms with Crippen molar-refractivity contribution in [3.05, 3.63) is 30.3 Å². The molecule has 0 saturated carbocycles. The second-order valence-electron chi connectivity index (χ2n) is 3.03. The number of benzene rings is 1. The molecule has 15 heavy (non-hydrogen) atoms. The van der Waals surface area contributed by atoms with Gasteiger partial charge in [0.05, 0.1) is 5.69 Å². The highest BCUT2D eigenvalue weighted by Gasteiger charge is 2.15. The first-order chi connectivity index (χ1) is 6.84. The second kappa shape index (κ2) is 5.33. The summed E-state index contributed by atoms with van der Waals surface area (Å²) in [5.74, 6) is 5.59. The molecule has 6 heteroatoms. The summed E-state index contributed by atoms with van der Waals surface area (Å²) in [5, 5.41) is 1.55. The minimum Gasteiger partial charge on any atom is -1.00 e. The molecule has 2 rings (SSSR count). The number of hydrogen-bond acceptors (Lipinski definition) is 3. The number of rotatable bonds is 2. The van der Waals surface area contributed by atoms with Crippen LogP contribution in [0.4, 0.5) is 5.69 Å². The van der Waals surface area contributed by atoms with Crippen LogP contribution in [-0.4, -0.2) is 29.0 Å². The van der Waals surface area contributed by atoms with Crippen LogP contribution in [0.25, 0.3) is 0 Å². The molecule has 0 fully saturated rings. The number of nitrogens with zero attached hydrogens (tertiary/aromatic N) is 2. The van der Waals surface area contributed by atoms with Crippen LogP contribution in [0.1, 0.15) is 0 Å². The lowest BCUT2D eigenvalue weighted by molar-refractivity contribution is -0.567. The Kier molecular flexibility index (Phi) is 4.08. The highest BCUT2D eigenvalue weighted by Crippen LogP contribution is 2.03. The molecule has 1 aromatic carbocycles. The van der Waals surface area contributed by atoms with Crippen molar-refractivity contribution in [2.75, 3.05) is 12.1 Å². The maximum Gasteiger partial charge on any atom is 0.324 e. The average molecular weight is 227 g/mol. The minimum atomic E-state index is 0. The van der Waals surface area contributed by atoms with Crippen molar-refractivity contribution >= 4 is 18.4 Å². The number of hydrazine groups is 2. The summed E-state index contributed by atoms with van der Waals surface area (Å²) < 4.78 is 1.86. The van der Waals surface area contributed by atoms with E-state index in [1.165, 1.54) is 0 Å². The highest BCUT2D eigenvalue weighted by molar-refractivity contribution is 5.54. The first-order valence-corrected chi connectivity index (χ1v) is 4.37. The van der Waals surface area contributed by atoms with Crippen molar-refractivity contribution in [2.24, 2.45) is 5.84 Å². The topological polar surface area (TPSA) is 58.3 Å². The standard InChI is InChI=1S/C9H12N5.ClH/c10-13-6-11-7-14(8-13)12-9-4-2-1-3-5-9;/h1-7,12H,8,10H2;1H/q+1;. The Morgan fingerprint density at radius 1 is 1.33 bits per heavy atom. The number of hydrazone groups is 1. The van der Waals surface area contributed by atoms with Crippen LogP contribution >= 0.6 is 0 Å². The zero-order valence-electron chi connectivity index (χ0n) is 8.10.